The molecule has 0 atom stereocenters. The maximum atomic E-state index is 2.53. The fourth-order valence-electron chi connectivity index (χ4n) is 12.2. The van der Waals surface area contributed by atoms with E-state index in [1.165, 1.54) is 83.3 Å². The van der Waals surface area contributed by atoms with Gasteiger partial charge in [-0.25, -0.2) is 0 Å². The maximum absolute atomic E-state index is 2.53. The molecule has 0 saturated heterocycles. The van der Waals surface area contributed by atoms with E-state index in [9.17, 15) is 0 Å². The average molecular weight is 929 g/mol. The van der Waals surface area contributed by atoms with Gasteiger partial charge in [-0.05, 0) is 126 Å². The number of anilines is 6. The molecule has 12 aromatic rings. The summed E-state index contributed by atoms with van der Waals surface area (Å²) in [5.41, 5.74) is 23.1. The molecule has 1 spiro atoms. The zero-order chi connectivity index (χ0) is 48.3. The van der Waals surface area contributed by atoms with Crippen molar-refractivity contribution in [2.24, 2.45) is 0 Å². The third-order valence-electron chi connectivity index (χ3n) is 15.3. The molecule has 342 valence electrons. The summed E-state index contributed by atoms with van der Waals surface area (Å²) >= 11 is 0. The monoisotopic (exact) mass is 928 g/mol. The Bertz CT molecular complexity index is 3990. The molecule has 2 heteroatoms. The Morgan fingerprint density at radius 2 is 0.740 bits per heavy atom. The van der Waals surface area contributed by atoms with Gasteiger partial charge in [-0.15, -0.1) is 0 Å². The third kappa shape index (κ3) is 6.72. The Kier molecular flexibility index (Phi) is 10.1. The van der Waals surface area contributed by atoms with Crippen molar-refractivity contribution >= 4 is 44.9 Å². The van der Waals surface area contributed by atoms with Crippen LogP contribution in [0.15, 0.2) is 291 Å². The number of hydrogen-bond donors (Lipinski definition) is 0. The minimum atomic E-state index is -0.626. The lowest BCUT2D eigenvalue weighted by molar-refractivity contribution is 0.752. The highest BCUT2D eigenvalue weighted by Crippen LogP contribution is 2.64. The van der Waals surface area contributed by atoms with Crippen LogP contribution in [-0.2, 0) is 5.41 Å². The Morgan fingerprint density at radius 1 is 0.274 bits per heavy atom. The van der Waals surface area contributed by atoms with Crippen LogP contribution in [0.1, 0.15) is 22.3 Å². The summed E-state index contributed by atoms with van der Waals surface area (Å²) in [6.45, 7) is 0. The third-order valence-corrected chi connectivity index (χ3v) is 15.3. The molecule has 0 fully saturated rings. The number of benzene rings is 12. The number of rotatable bonds is 8. The number of nitrogens with zero attached hydrogens (tertiary/aromatic N) is 2. The maximum Gasteiger partial charge on any atom is 0.0755 e. The quantitative estimate of drug-likeness (QED) is 0.150. The average Bonchev–Trinajstić information content (AvgIpc) is 3.84. The first-order chi connectivity index (χ1) is 36.3. The van der Waals surface area contributed by atoms with Gasteiger partial charge in [-0.3, -0.25) is 0 Å². The summed E-state index contributed by atoms with van der Waals surface area (Å²) in [6.07, 6.45) is 0. The first kappa shape index (κ1) is 42.4. The van der Waals surface area contributed by atoms with E-state index in [4.69, 9.17) is 0 Å². The van der Waals surface area contributed by atoms with Gasteiger partial charge in [0.25, 0.3) is 0 Å². The zero-order valence-electron chi connectivity index (χ0n) is 40.1. The zero-order valence-corrected chi connectivity index (χ0v) is 40.1. The molecule has 1 heterocycles. The van der Waals surface area contributed by atoms with Crippen molar-refractivity contribution in [3.8, 4) is 55.6 Å². The van der Waals surface area contributed by atoms with Gasteiger partial charge in [0.05, 0.1) is 28.2 Å². The second kappa shape index (κ2) is 17.4. The normalized spacial score (nSPS) is 12.7. The van der Waals surface area contributed by atoms with Crippen LogP contribution in [0.3, 0.4) is 0 Å². The molecular weight excluding hydrogens is 881 g/mol. The lowest BCUT2D eigenvalue weighted by atomic mass is 9.64. The van der Waals surface area contributed by atoms with Crippen LogP contribution in [-0.4, -0.2) is 0 Å². The molecule has 2 aliphatic rings. The number of hydrogen-bond acceptors (Lipinski definition) is 2. The van der Waals surface area contributed by atoms with E-state index in [1.807, 2.05) is 0 Å². The van der Waals surface area contributed by atoms with Crippen molar-refractivity contribution in [2.75, 3.05) is 9.80 Å². The van der Waals surface area contributed by atoms with E-state index in [-0.39, 0.29) is 0 Å². The fourth-order valence-corrected chi connectivity index (χ4v) is 12.2. The van der Waals surface area contributed by atoms with Gasteiger partial charge in [-0.2, -0.15) is 0 Å². The van der Waals surface area contributed by atoms with E-state index in [1.54, 1.807) is 0 Å². The van der Waals surface area contributed by atoms with Crippen molar-refractivity contribution in [1.29, 1.82) is 0 Å². The summed E-state index contributed by atoms with van der Waals surface area (Å²) in [5, 5.41) is 2.46. The molecule has 0 bridgehead atoms. The van der Waals surface area contributed by atoms with Crippen LogP contribution >= 0.6 is 0 Å². The summed E-state index contributed by atoms with van der Waals surface area (Å²) in [4.78, 5) is 4.99. The van der Waals surface area contributed by atoms with E-state index in [0.29, 0.717) is 0 Å². The number of para-hydroxylation sites is 5. The van der Waals surface area contributed by atoms with Gasteiger partial charge in [0, 0.05) is 22.5 Å². The van der Waals surface area contributed by atoms with Crippen LogP contribution in [0.2, 0.25) is 0 Å². The predicted octanol–water partition coefficient (Wildman–Crippen LogP) is 19.1. The van der Waals surface area contributed by atoms with Crippen LogP contribution < -0.4 is 9.80 Å². The van der Waals surface area contributed by atoms with Crippen molar-refractivity contribution in [2.45, 2.75) is 5.41 Å². The molecule has 0 aromatic heterocycles. The van der Waals surface area contributed by atoms with Gasteiger partial charge in [0.15, 0.2) is 0 Å². The highest BCUT2D eigenvalue weighted by molar-refractivity contribution is 6.04. The fraction of sp³-hybridized carbons (Fsp3) is 0.0141. The molecule has 12 aromatic carbocycles. The summed E-state index contributed by atoms with van der Waals surface area (Å²) < 4.78 is 0. The minimum Gasteiger partial charge on any atom is -0.310 e. The molecule has 2 nitrogen and oxygen atoms in total. The van der Waals surface area contributed by atoms with Crippen LogP contribution in [0.4, 0.5) is 34.1 Å². The smallest absolute Gasteiger partial charge is 0.0755 e. The molecule has 14 rings (SSSR count). The molecule has 0 N–H and O–H groups in total. The molecule has 1 aliphatic heterocycles. The molecule has 0 radical (unpaired) electrons. The van der Waals surface area contributed by atoms with E-state index < -0.39 is 5.41 Å². The molecule has 0 amide bonds. The SMILES string of the molecule is c1ccc(-c2ccc(-c3ccccc3N(c3ccc4c(c3)C3(c5ccccc5-4)c4ccccc4N(c4ccccc4)c4ccccc43)c3ccccc3-c3ccccc3-c3cccc4ccccc34)cc2)cc1. The lowest BCUT2D eigenvalue weighted by Crippen LogP contribution is -2.36. The topological polar surface area (TPSA) is 6.48 Å². The molecule has 1 aliphatic carbocycles. The summed E-state index contributed by atoms with van der Waals surface area (Å²) in [7, 11) is 0. The standard InChI is InChI=1S/C71H48N2/c1-3-22-49(23-4-1)50-42-44-52(45-43-50)56-29-12-17-38-67(56)73(68-39-18-13-33-62(68)59-31-10-9-30-58(59)57-34-21-25-51-24-7-8-28-55(51)57)54-46-47-61-60-32-11-14-35-63(60)71(66(61)48-54)64-36-15-19-40-69(64)72(53-26-5-2-6-27-53)70-41-20-16-37-65(70)71/h1-48H. The second-order valence-corrected chi connectivity index (χ2v) is 19.1. The van der Waals surface area contributed by atoms with E-state index in [2.05, 4.69) is 301 Å². The van der Waals surface area contributed by atoms with Gasteiger partial charge in [-0.1, -0.05) is 243 Å². The molecule has 73 heavy (non-hydrogen) atoms. The van der Waals surface area contributed by atoms with Crippen LogP contribution in [0.25, 0.3) is 66.4 Å². The Balaban J connectivity index is 1.03. The Morgan fingerprint density at radius 3 is 1.45 bits per heavy atom. The second-order valence-electron chi connectivity index (χ2n) is 19.1. The van der Waals surface area contributed by atoms with Crippen LogP contribution in [0.5, 0.6) is 0 Å². The lowest BCUT2D eigenvalue weighted by Gasteiger charge is -2.45. The van der Waals surface area contributed by atoms with Gasteiger partial charge in [0.1, 0.15) is 0 Å². The van der Waals surface area contributed by atoms with Gasteiger partial charge in [0.2, 0.25) is 0 Å². The van der Waals surface area contributed by atoms with Crippen molar-refractivity contribution in [1.82, 2.24) is 0 Å². The first-order valence-electron chi connectivity index (χ1n) is 25.3. The Hall–Kier alpha value is -9.50. The predicted molar refractivity (Wildman–Crippen MR) is 306 cm³/mol. The van der Waals surface area contributed by atoms with Gasteiger partial charge < -0.3 is 9.80 Å². The Labute approximate surface area is 427 Å². The van der Waals surface area contributed by atoms with E-state index in [0.717, 1.165) is 39.4 Å². The number of fused-ring (bicyclic) bond motifs is 10. The largest absolute Gasteiger partial charge is 0.310 e. The van der Waals surface area contributed by atoms with Gasteiger partial charge >= 0.3 is 0 Å². The summed E-state index contributed by atoms with van der Waals surface area (Å²) in [6, 6.07) is 107. The highest BCUT2D eigenvalue weighted by atomic mass is 15.2. The first-order valence-corrected chi connectivity index (χ1v) is 25.3. The van der Waals surface area contributed by atoms with Crippen molar-refractivity contribution < 1.29 is 0 Å². The highest BCUT2D eigenvalue weighted by Gasteiger charge is 2.52. The molecular formula is C71H48N2. The minimum absolute atomic E-state index is 0.626. The molecule has 0 unspecified atom stereocenters. The van der Waals surface area contributed by atoms with E-state index >= 15 is 0 Å². The van der Waals surface area contributed by atoms with Crippen molar-refractivity contribution in [3.63, 3.8) is 0 Å². The van der Waals surface area contributed by atoms with Crippen molar-refractivity contribution in [3.05, 3.63) is 313 Å². The summed E-state index contributed by atoms with van der Waals surface area (Å²) in [5.74, 6) is 0. The molecule has 0 saturated carbocycles. The van der Waals surface area contributed by atoms with Crippen LogP contribution in [0, 0.1) is 0 Å².